The van der Waals surface area contributed by atoms with E-state index in [9.17, 15) is 5.11 Å². The third-order valence-electron chi connectivity index (χ3n) is 2.36. The van der Waals surface area contributed by atoms with E-state index >= 15 is 0 Å². The minimum atomic E-state index is 0.122. The van der Waals surface area contributed by atoms with Crippen LogP contribution in [-0.4, -0.2) is 5.11 Å². The Bertz CT molecular complexity index is 570. The largest absolute Gasteiger partial charge is 0.507 e. The Morgan fingerprint density at radius 3 is 2.56 bits per heavy atom. The van der Waals surface area contributed by atoms with Crippen molar-refractivity contribution in [2.24, 2.45) is 0 Å². The molecule has 0 fully saturated rings. The summed E-state index contributed by atoms with van der Waals surface area (Å²) in [5, 5.41) is 18.7. The van der Waals surface area contributed by atoms with Gasteiger partial charge in [0.2, 0.25) is 0 Å². The van der Waals surface area contributed by atoms with Gasteiger partial charge in [0, 0.05) is 16.8 Å². The lowest BCUT2D eigenvalue weighted by atomic mass is 9.99. The average Bonchev–Trinajstić information content (AvgIpc) is 2.32. The molecule has 0 spiro atoms. The number of anilines is 1. The standard InChI is InChI=1S/C13H10N2O/c14-8-9-3-1-2-4-11(9)12-7-10(15)5-6-13(12)16/h1-7,16H,15H2. The van der Waals surface area contributed by atoms with E-state index in [2.05, 4.69) is 6.07 Å². The fourth-order valence-electron chi connectivity index (χ4n) is 1.58. The quantitative estimate of drug-likeness (QED) is 0.561. The van der Waals surface area contributed by atoms with Gasteiger partial charge >= 0.3 is 0 Å². The third kappa shape index (κ3) is 1.69. The van der Waals surface area contributed by atoms with Crippen molar-refractivity contribution in [3.8, 4) is 22.9 Å². The maximum atomic E-state index is 9.74. The Balaban J connectivity index is 2.68. The number of nitrogens with two attached hydrogens (primary N) is 1. The molecule has 3 nitrogen and oxygen atoms in total. The predicted molar refractivity (Wildman–Crippen MR) is 62.7 cm³/mol. The van der Waals surface area contributed by atoms with Crippen LogP contribution in [0.25, 0.3) is 11.1 Å². The Morgan fingerprint density at radius 1 is 1.06 bits per heavy atom. The topological polar surface area (TPSA) is 70.0 Å². The Kier molecular flexibility index (Phi) is 2.49. The van der Waals surface area contributed by atoms with Gasteiger partial charge in [-0.05, 0) is 24.3 Å². The number of nitriles is 1. The first-order valence-corrected chi connectivity index (χ1v) is 4.80. The van der Waals surface area contributed by atoms with Gasteiger partial charge in [-0.1, -0.05) is 18.2 Å². The van der Waals surface area contributed by atoms with Crippen LogP contribution >= 0.6 is 0 Å². The lowest BCUT2D eigenvalue weighted by molar-refractivity contribution is 0.477. The Morgan fingerprint density at radius 2 is 1.81 bits per heavy atom. The molecular formula is C13H10N2O. The fraction of sp³-hybridized carbons (Fsp3) is 0. The van der Waals surface area contributed by atoms with Crippen molar-refractivity contribution in [3.63, 3.8) is 0 Å². The van der Waals surface area contributed by atoms with Crippen LogP contribution in [0, 0.1) is 11.3 Å². The monoisotopic (exact) mass is 210 g/mol. The first-order chi connectivity index (χ1) is 7.72. The van der Waals surface area contributed by atoms with Gasteiger partial charge in [0.1, 0.15) is 5.75 Å². The summed E-state index contributed by atoms with van der Waals surface area (Å²) in [6.45, 7) is 0. The van der Waals surface area contributed by atoms with E-state index in [-0.39, 0.29) is 5.75 Å². The molecule has 78 valence electrons. The average molecular weight is 210 g/mol. The van der Waals surface area contributed by atoms with Gasteiger partial charge in [-0.3, -0.25) is 0 Å². The molecule has 0 bridgehead atoms. The van der Waals surface area contributed by atoms with Crippen LogP contribution in [0.5, 0.6) is 5.75 Å². The molecule has 0 amide bonds. The third-order valence-corrected chi connectivity index (χ3v) is 2.36. The summed E-state index contributed by atoms with van der Waals surface area (Å²) >= 11 is 0. The second-order valence-corrected chi connectivity index (χ2v) is 3.43. The van der Waals surface area contributed by atoms with Crippen LogP contribution in [0.3, 0.4) is 0 Å². The summed E-state index contributed by atoms with van der Waals surface area (Å²) < 4.78 is 0. The Hall–Kier alpha value is -2.47. The van der Waals surface area contributed by atoms with E-state index in [1.54, 1.807) is 30.3 Å². The van der Waals surface area contributed by atoms with E-state index in [0.29, 0.717) is 22.4 Å². The number of nitrogen functional groups attached to an aromatic ring is 1. The van der Waals surface area contributed by atoms with Crippen LogP contribution in [0.1, 0.15) is 5.56 Å². The van der Waals surface area contributed by atoms with E-state index in [4.69, 9.17) is 11.0 Å². The van der Waals surface area contributed by atoms with Crippen LogP contribution in [0.4, 0.5) is 5.69 Å². The van der Waals surface area contributed by atoms with Gasteiger partial charge in [-0.2, -0.15) is 5.26 Å². The summed E-state index contributed by atoms with van der Waals surface area (Å²) in [5.41, 5.74) is 8.01. The molecule has 0 saturated heterocycles. The first-order valence-electron chi connectivity index (χ1n) is 4.80. The molecule has 0 atom stereocenters. The van der Waals surface area contributed by atoms with Crippen LogP contribution in [0.2, 0.25) is 0 Å². The number of phenolic OH excluding ortho intramolecular Hbond substituents is 1. The van der Waals surface area contributed by atoms with E-state index in [0.717, 1.165) is 0 Å². The van der Waals surface area contributed by atoms with Crippen molar-refractivity contribution in [2.45, 2.75) is 0 Å². The molecule has 2 aromatic carbocycles. The van der Waals surface area contributed by atoms with Crippen molar-refractivity contribution in [1.82, 2.24) is 0 Å². The van der Waals surface area contributed by atoms with Crippen LogP contribution in [-0.2, 0) is 0 Å². The minimum Gasteiger partial charge on any atom is -0.507 e. The molecule has 0 aliphatic carbocycles. The molecule has 0 unspecified atom stereocenters. The summed E-state index contributed by atoms with van der Waals surface area (Å²) in [4.78, 5) is 0. The molecule has 2 rings (SSSR count). The lowest BCUT2D eigenvalue weighted by Crippen LogP contribution is -1.88. The summed E-state index contributed by atoms with van der Waals surface area (Å²) in [7, 11) is 0. The molecule has 0 saturated carbocycles. The predicted octanol–water partition coefficient (Wildman–Crippen LogP) is 2.51. The summed E-state index contributed by atoms with van der Waals surface area (Å²) in [5.74, 6) is 0.122. The first kappa shape index (κ1) is 10.1. The van der Waals surface area contributed by atoms with Crippen LogP contribution in [0.15, 0.2) is 42.5 Å². The molecule has 0 aliphatic heterocycles. The number of aromatic hydroxyl groups is 1. The second-order valence-electron chi connectivity index (χ2n) is 3.43. The zero-order chi connectivity index (χ0) is 11.5. The number of hydrogen-bond donors (Lipinski definition) is 2. The number of hydrogen-bond acceptors (Lipinski definition) is 3. The molecule has 0 aliphatic rings. The van der Waals surface area contributed by atoms with E-state index < -0.39 is 0 Å². The molecule has 3 heteroatoms. The highest BCUT2D eigenvalue weighted by Crippen LogP contribution is 2.32. The Labute approximate surface area is 93.4 Å². The highest BCUT2D eigenvalue weighted by molar-refractivity contribution is 5.77. The minimum absolute atomic E-state index is 0.122. The highest BCUT2D eigenvalue weighted by Gasteiger charge is 2.08. The van der Waals surface area contributed by atoms with Crippen LogP contribution < -0.4 is 5.73 Å². The fourth-order valence-corrected chi connectivity index (χ4v) is 1.58. The summed E-state index contributed by atoms with van der Waals surface area (Å²) in [6.07, 6.45) is 0. The number of benzene rings is 2. The SMILES string of the molecule is N#Cc1ccccc1-c1cc(N)ccc1O. The van der Waals surface area contributed by atoms with Crippen molar-refractivity contribution in [3.05, 3.63) is 48.0 Å². The smallest absolute Gasteiger partial charge is 0.123 e. The maximum Gasteiger partial charge on any atom is 0.123 e. The highest BCUT2D eigenvalue weighted by atomic mass is 16.3. The van der Waals surface area contributed by atoms with E-state index in [1.165, 1.54) is 6.07 Å². The van der Waals surface area contributed by atoms with Gasteiger partial charge < -0.3 is 10.8 Å². The van der Waals surface area contributed by atoms with Crippen molar-refractivity contribution in [2.75, 3.05) is 5.73 Å². The van der Waals surface area contributed by atoms with E-state index in [1.807, 2.05) is 6.07 Å². The zero-order valence-electron chi connectivity index (χ0n) is 8.51. The maximum absolute atomic E-state index is 9.74. The molecular weight excluding hydrogens is 200 g/mol. The molecule has 0 heterocycles. The number of rotatable bonds is 1. The number of phenols is 1. The number of nitrogens with zero attached hydrogens (tertiary/aromatic N) is 1. The molecule has 0 radical (unpaired) electrons. The molecule has 16 heavy (non-hydrogen) atoms. The van der Waals surface area contributed by atoms with Crippen molar-refractivity contribution in [1.29, 1.82) is 5.26 Å². The molecule has 0 aromatic heterocycles. The second kappa shape index (κ2) is 3.95. The van der Waals surface area contributed by atoms with Gasteiger partial charge in [-0.15, -0.1) is 0 Å². The van der Waals surface area contributed by atoms with Crippen molar-refractivity contribution < 1.29 is 5.11 Å². The van der Waals surface area contributed by atoms with Gasteiger partial charge in [0.25, 0.3) is 0 Å². The zero-order valence-corrected chi connectivity index (χ0v) is 8.51. The van der Waals surface area contributed by atoms with Crippen molar-refractivity contribution >= 4 is 5.69 Å². The molecule has 3 N–H and O–H groups in total. The summed E-state index contributed by atoms with van der Waals surface area (Å²) in [6, 6.07) is 14.0. The van der Waals surface area contributed by atoms with Gasteiger partial charge in [-0.25, -0.2) is 0 Å². The lowest BCUT2D eigenvalue weighted by Gasteiger charge is -2.07. The van der Waals surface area contributed by atoms with Gasteiger partial charge in [0.15, 0.2) is 0 Å². The molecule has 2 aromatic rings. The van der Waals surface area contributed by atoms with Gasteiger partial charge in [0.05, 0.1) is 11.6 Å². The normalized spacial score (nSPS) is 9.69.